The first-order valence-corrected chi connectivity index (χ1v) is 12.4. The van der Waals surface area contributed by atoms with Gasteiger partial charge in [0.15, 0.2) is 6.29 Å². The fourth-order valence-corrected chi connectivity index (χ4v) is 7.95. The molecule has 174 valence electrons. The molecule has 5 heteroatoms. The summed E-state index contributed by atoms with van der Waals surface area (Å²) in [5, 5.41) is 30.9. The lowest BCUT2D eigenvalue weighted by Crippen LogP contribution is -2.59. The van der Waals surface area contributed by atoms with Gasteiger partial charge in [-0.05, 0) is 78.9 Å². The molecule has 0 aromatic heterocycles. The Balaban J connectivity index is 1.60. The largest absolute Gasteiger partial charge is 0.388 e. The topological polar surface area (TPSA) is 79.2 Å². The smallest absolute Gasteiger partial charge is 0.183 e. The standard InChI is InChI=1S/C25H44O5/c1-14-6-8-16-12-18-15(2)7-9-20(25(18,5)11-10-17(14)24(16,3)4)30-22-21(27)19(26)13-29-23(22)28/h14-23,26-28H,6-13H2,1-5H3/t14-,15-,16+,17+,18-,19-,20?,21+,22-,23?,25+/m1/s1. The van der Waals surface area contributed by atoms with Crippen LogP contribution in [0.4, 0.5) is 0 Å². The van der Waals surface area contributed by atoms with Crippen LogP contribution >= 0.6 is 0 Å². The maximum atomic E-state index is 10.5. The van der Waals surface area contributed by atoms with Crippen molar-refractivity contribution in [3.05, 3.63) is 0 Å². The molecular weight excluding hydrogens is 380 g/mol. The molecule has 0 aromatic rings. The molecule has 0 radical (unpaired) electrons. The first kappa shape index (κ1) is 23.0. The summed E-state index contributed by atoms with van der Waals surface area (Å²) in [4.78, 5) is 0. The first-order valence-electron chi connectivity index (χ1n) is 12.4. The monoisotopic (exact) mass is 424 g/mol. The normalized spacial score (nSPS) is 54.0. The molecule has 30 heavy (non-hydrogen) atoms. The van der Waals surface area contributed by atoms with Crippen molar-refractivity contribution in [1.29, 1.82) is 0 Å². The number of fused-ring (bicyclic) bond motifs is 3. The van der Waals surface area contributed by atoms with Crippen molar-refractivity contribution in [2.45, 2.75) is 110 Å². The fourth-order valence-electron chi connectivity index (χ4n) is 7.95. The van der Waals surface area contributed by atoms with Crippen molar-refractivity contribution < 1.29 is 24.8 Å². The Bertz CT molecular complexity index is 608. The van der Waals surface area contributed by atoms with E-state index >= 15 is 0 Å². The molecular formula is C25H44O5. The van der Waals surface area contributed by atoms with Crippen LogP contribution in [0.3, 0.4) is 0 Å². The molecule has 1 saturated heterocycles. The van der Waals surface area contributed by atoms with Gasteiger partial charge >= 0.3 is 0 Å². The van der Waals surface area contributed by atoms with Crippen LogP contribution in [-0.4, -0.2) is 52.6 Å². The average molecular weight is 425 g/mol. The number of hydrogen-bond donors (Lipinski definition) is 3. The molecule has 2 bridgehead atoms. The zero-order valence-corrected chi connectivity index (χ0v) is 19.6. The lowest BCUT2D eigenvalue weighted by atomic mass is 9.48. The summed E-state index contributed by atoms with van der Waals surface area (Å²) < 4.78 is 11.7. The predicted octanol–water partition coefficient (Wildman–Crippen LogP) is 3.74. The van der Waals surface area contributed by atoms with E-state index < -0.39 is 24.6 Å². The molecule has 4 aliphatic rings. The van der Waals surface area contributed by atoms with Crippen LogP contribution in [0, 0.1) is 40.4 Å². The van der Waals surface area contributed by atoms with Gasteiger partial charge in [-0.15, -0.1) is 0 Å². The van der Waals surface area contributed by atoms with E-state index in [2.05, 4.69) is 34.6 Å². The number of rotatable bonds is 2. The zero-order chi connectivity index (χ0) is 21.8. The quantitative estimate of drug-likeness (QED) is 0.629. The summed E-state index contributed by atoms with van der Waals surface area (Å²) in [7, 11) is 0. The molecule has 2 unspecified atom stereocenters. The van der Waals surface area contributed by atoms with Crippen LogP contribution in [0.5, 0.6) is 0 Å². The predicted molar refractivity (Wildman–Crippen MR) is 116 cm³/mol. The Kier molecular flexibility index (Phi) is 6.35. The third-order valence-electron chi connectivity index (χ3n) is 10.1. The second-order valence-electron chi connectivity index (χ2n) is 12.0. The molecule has 4 fully saturated rings. The van der Waals surface area contributed by atoms with Gasteiger partial charge < -0.3 is 24.8 Å². The summed E-state index contributed by atoms with van der Waals surface area (Å²) in [5.41, 5.74) is 0.407. The third-order valence-corrected chi connectivity index (χ3v) is 10.1. The Morgan fingerprint density at radius 2 is 1.53 bits per heavy atom. The van der Waals surface area contributed by atoms with E-state index in [-0.39, 0.29) is 18.1 Å². The van der Waals surface area contributed by atoms with Gasteiger partial charge in [-0.1, -0.05) is 41.0 Å². The minimum absolute atomic E-state index is 0.0174. The van der Waals surface area contributed by atoms with Crippen LogP contribution in [0.1, 0.15) is 79.6 Å². The molecule has 0 spiro atoms. The molecule has 4 rings (SSSR count). The second kappa shape index (κ2) is 8.30. The zero-order valence-electron chi connectivity index (χ0n) is 19.6. The molecule has 11 atom stereocenters. The van der Waals surface area contributed by atoms with Crippen LogP contribution in [-0.2, 0) is 9.47 Å². The average Bonchev–Trinajstić information content (AvgIpc) is 2.67. The highest BCUT2D eigenvalue weighted by Gasteiger charge is 2.55. The van der Waals surface area contributed by atoms with Crippen molar-refractivity contribution in [1.82, 2.24) is 0 Å². The maximum Gasteiger partial charge on any atom is 0.183 e. The minimum atomic E-state index is -1.18. The summed E-state index contributed by atoms with van der Waals surface area (Å²) in [5.74, 6) is 3.49. The van der Waals surface area contributed by atoms with Crippen molar-refractivity contribution >= 4 is 0 Å². The molecule has 1 aliphatic heterocycles. The van der Waals surface area contributed by atoms with E-state index in [0.717, 1.165) is 37.0 Å². The highest BCUT2D eigenvalue weighted by atomic mass is 16.6. The molecule has 0 amide bonds. The summed E-state index contributed by atoms with van der Waals surface area (Å²) in [6, 6.07) is 0. The van der Waals surface area contributed by atoms with Crippen LogP contribution in [0.2, 0.25) is 0 Å². The highest BCUT2D eigenvalue weighted by molar-refractivity contribution is 5.04. The van der Waals surface area contributed by atoms with Crippen LogP contribution < -0.4 is 0 Å². The van der Waals surface area contributed by atoms with E-state index in [1.165, 1.54) is 25.7 Å². The maximum absolute atomic E-state index is 10.5. The van der Waals surface area contributed by atoms with Gasteiger partial charge in [-0.2, -0.15) is 0 Å². The van der Waals surface area contributed by atoms with Crippen molar-refractivity contribution in [2.24, 2.45) is 40.4 Å². The lowest BCUT2D eigenvalue weighted by molar-refractivity contribution is -0.291. The van der Waals surface area contributed by atoms with E-state index in [1.807, 2.05) is 0 Å². The van der Waals surface area contributed by atoms with Gasteiger partial charge in [0.2, 0.25) is 0 Å². The molecule has 3 aliphatic carbocycles. The Hall–Kier alpha value is -0.200. The summed E-state index contributed by atoms with van der Waals surface area (Å²) in [6.07, 6.45) is 4.11. The van der Waals surface area contributed by atoms with Gasteiger partial charge in [0, 0.05) is 0 Å². The van der Waals surface area contributed by atoms with Gasteiger partial charge in [-0.25, -0.2) is 0 Å². The fraction of sp³-hybridized carbons (Fsp3) is 1.00. The Morgan fingerprint density at radius 1 is 0.867 bits per heavy atom. The Morgan fingerprint density at radius 3 is 2.27 bits per heavy atom. The molecule has 1 heterocycles. The summed E-state index contributed by atoms with van der Waals surface area (Å²) >= 11 is 0. The molecule has 0 aromatic carbocycles. The first-order chi connectivity index (χ1) is 14.1. The number of hydrogen-bond acceptors (Lipinski definition) is 5. The Labute approximate surface area is 182 Å². The van der Waals surface area contributed by atoms with E-state index in [1.54, 1.807) is 0 Å². The molecule has 5 nitrogen and oxygen atoms in total. The van der Waals surface area contributed by atoms with Crippen LogP contribution in [0.25, 0.3) is 0 Å². The number of aliphatic hydroxyl groups excluding tert-OH is 3. The molecule has 3 N–H and O–H groups in total. The second-order valence-corrected chi connectivity index (χ2v) is 12.0. The number of aliphatic hydroxyl groups is 3. The minimum Gasteiger partial charge on any atom is -0.388 e. The summed E-state index contributed by atoms with van der Waals surface area (Å²) in [6.45, 7) is 12.2. The van der Waals surface area contributed by atoms with Gasteiger partial charge in [0.05, 0.1) is 12.7 Å². The van der Waals surface area contributed by atoms with Crippen molar-refractivity contribution in [3.8, 4) is 0 Å². The van der Waals surface area contributed by atoms with E-state index in [4.69, 9.17) is 9.47 Å². The van der Waals surface area contributed by atoms with Gasteiger partial charge in [0.1, 0.15) is 18.3 Å². The van der Waals surface area contributed by atoms with Gasteiger partial charge in [0.25, 0.3) is 0 Å². The van der Waals surface area contributed by atoms with Crippen molar-refractivity contribution in [2.75, 3.05) is 6.61 Å². The SMILES string of the molecule is C[C@@H]1CCC(O[C@H]2C(O)OC[C@@H](O)[C@@H]2O)[C@@]2(C)CC[C@H]3[C@H](C)CC[C@@H](C[C@H]12)C3(C)C. The third kappa shape index (κ3) is 3.77. The molecule has 3 saturated carbocycles. The van der Waals surface area contributed by atoms with E-state index in [0.29, 0.717) is 17.3 Å². The lowest BCUT2D eigenvalue weighted by Gasteiger charge is -2.59. The van der Waals surface area contributed by atoms with E-state index in [9.17, 15) is 15.3 Å². The van der Waals surface area contributed by atoms with Crippen molar-refractivity contribution in [3.63, 3.8) is 0 Å². The van der Waals surface area contributed by atoms with Crippen LogP contribution in [0.15, 0.2) is 0 Å². The highest BCUT2D eigenvalue weighted by Crippen LogP contribution is 2.60. The van der Waals surface area contributed by atoms with Gasteiger partial charge in [-0.3, -0.25) is 0 Å². The number of ether oxygens (including phenoxy) is 2.